The minimum absolute atomic E-state index is 0.299. The van der Waals surface area contributed by atoms with E-state index in [2.05, 4.69) is 0 Å². The molecule has 0 aliphatic carbocycles. The Kier molecular flexibility index (Phi) is 5.95. The molecule has 1 saturated heterocycles. The molecule has 1 fully saturated rings. The van der Waals surface area contributed by atoms with E-state index in [-0.39, 0.29) is 0 Å². The number of amides is 1. The van der Waals surface area contributed by atoms with E-state index in [9.17, 15) is 22.4 Å². The van der Waals surface area contributed by atoms with Crippen molar-refractivity contribution in [3.05, 3.63) is 28.5 Å². The third-order valence-corrected chi connectivity index (χ3v) is 3.98. The summed E-state index contributed by atoms with van der Waals surface area (Å²) in [4.78, 5) is 13.5. The van der Waals surface area contributed by atoms with Gasteiger partial charge in [-0.1, -0.05) is 11.6 Å². The Morgan fingerprint density at radius 1 is 1.19 bits per heavy atom. The van der Waals surface area contributed by atoms with Crippen LogP contribution in [-0.2, 0) is 10.9 Å². The predicted octanol–water partition coefficient (Wildman–Crippen LogP) is 5.28. The summed E-state index contributed by atoms with van der Waals surface area (Å²) in [5, 5.41) is -0.652. The normalized spacial score (nSPS) is 16.5. The first-order valence-electron chi connectivity index (χ1n) is 8.07. The van der Waals surface area contributed by atoms with E-state index in [0.717, 1.165) is 0 Å². The average Bonchev–Trinajstić information content (AvgIpc) is 2.49. The van der Waals surface area contributed by atoms with Crippen molar-refractivity contribution in [3.63, 3.8) is 0 Å². The summed E-state index contributed by atoms with van der Waals surface area (Å²) < 4.78 is 63.2. The molecule has 0 N–H and O–H groups in total. The van der Waals surface area contributed by atoms with E-state index < -0.39 is 46.1 Å². The maximum absolute atomic E-state index is 14.0. The van der Waals surface area contributed by atoms with Crippen LogP contribution in [0.25, 0.3) is 0 Å². The second-order valence-electron chi connectivity index (χ2n) is 7.05. The summed E-state index contributed by atoms with van der Waals surface area (Å²) in [6.07, 6.45) is -4.97. The first kappa shape index (κ1) is 20.6. The van der Waals surface area contributed by atoms with Crippen LogP contribution in [0.15, 0.2) is 12.1 Å². The molecule has 146 valence electrons. The Hall–Kier alpha value is -1.70. The van der Waals surface area contributed by atoms with Crippen LogP contribution in [-0.4, -0.2) is 35.8 Å². The number of likely N-dealkylation sites (tertiary alicyclic amines) is 1. The number of halogens is 5. The summed E-state index contributed by atoms with van der Waals surface area (Å²) in [7, 11) is 0. The number of nitrogens with zero attached hydrogens (tertiary/aromatic N) is 1. The van der Waals surface area contributed by atoms with E-state index in [1.165, 1.54) is 4.90 Å². The number of ether oxygens (including phenoxy) is 2. The van der Waals surface area contributed by atoms with E-state index in [4.69, 9.17) is 21.1 Å². The van der Waals surface area contributed by atoms with Crippen molar-refractivity contribution in [2.24, 2.45) is 0 Å². The quantitative estimate of drug-likeness (QED) is 0.637. The molecule has 1 aromatic carbocycles. The third-order valence-electron chi connectivity index (χ3n) is 3.71. The topological polar surface area (TPSA) is 38.8 Å². The molecule has 4 nitrogen and oxygen atoms in total. The van der Waals surface area contributed by atoms with Gasteiger partial charge in [0.1, 0.15) is 11.7 Å². The van der Waals surface area contributed by atoms with E-state index in [1.54, 1.807) is 20.8 Å². The number of rotatable bonds is 2. The number of carbonyl (C=O) groups excluding carboxylic acids is 1. The average molecular weight is 398 g/mol. The Labute approximate surface area is 154 Å². The van der Waals surface area contributed by atoms with Gasteiger partial charge >= 0.3 is 12.3 Å². The zero-order valence-electron chi connectivity index (χ0n) is 14.6. The number of benzene rings is 1. The smallest absolute Gasteiger partial charge is 0.416 e. The van der Waals surface area contributed by atoms with Gasteiger partial charge in [0.05, 0.1) is 10.6 Å². The Balaban J connectivity index is 2.02. The van der Waals surface area contributed by atoms with Gasteiger partial charge in [0, 0.05) is 25.9 Å². The van der Waals surface area contributed by atoms with Crippen molar-refractivity contribution in [2.75, 3.05) is 13.1 Å². The van der Waals surface area contributed by atoms with Gasteiger partial charge in [-0.25, -0.2) is 9.18 Å². The van der Waals surface area contributed by atoms with Crippen LogP contribution in [0.1, 0.15) is 39.2 Å². The highest BCUT2D eigenvalue weighted by Gasteiger charge is 2.34. The lowest BCUT2D eigenvalue weighted by atomic mass is 10.1. The lowest BCUT2D eigenvalue weighted by molar-refractivity contribution is -0.137. The maximum atomic E-state index is 14.0. The molecule has 1 aliphatic rings. The molecule has 0 saturated carbocycles. The highest BCUT2D eigenvalue weighted by Crippen LogP contribution is 2.37. The summed E-state index contributed by atoms with van der Waals surface area (Å²) in [5.74, 6) is -1.57. The largest absolute Gasteiger partial charge is 0.487 e. The fourth-order valence-electron chi connectivity index (χ4n) is 2.48. The number of hydrogen-bond acceptors (Lipinski definition) is 3. The van der Waals surface area contributed by atoms with Crippen LogP contribution in [0.5, 0.6) is 5.75 Å². The van der Waals surface area contributed by atoms with Crippen LogP contribution in [0, 0.1) is 5.82 Å². The lowest BCUT2D eigenvalue weighted by Gasteiger charge is -2.33. The summed E-state index contributed by atoms with van der Waals surface area (Å²) >= 11 is 5.54. The Morgan fingerprint density at radius 3 is 2.27 bits per heavy atom. The minimum Gasteiger partial charge on any atom is -0.487 e. The summed E-state index contributed by atoms with van der Waals surface area (Å²) in [5.41, 5.74) is -1.70. The predicted molar refractivity (Wildman–Crippen MR) is 87.9 cm³/mol. The minimum atomic E-state index is -4.66. The zero-order chi connectivity index (χ0) is 19.7. The van der Waals surface area contributed by atoms with Crippen molar-refractivity contribution < 1.29 is 31.8 Å². The van der Waals surface area contributed by atoms with Crippen LogP contribution in [0.4, 0.5) is 22.4 Å². The molecule has 1 heterocycles. The number of carbonyl (C=O) groups is 1. The Morgan fingerprint density at radius 2 is 1.77 bits per heavy atom. The zero-order valence-corrected chi connectivity index (χ0v) is 15.4. The van der Waals surface area contributed by atoms with Gasteiger partial charge < -0.3 is 14.4 Å². The van der Waals surface area contributed by atoms with Crippen LogP contribution in [0.2, 0.25) is 5.02 Å². The second kappa shape index (κ2) is 7.50. The van der Waals surface area contributed by atoms with Gasteiger partial charge in [0.25, 0.3) is 0 Å². The van der Waals surface area contributed by atoms with E-state index in [0.29, 0.717) is 38.1 Å². The molecule has 1 amide bonds. The number of piperidine rings is 1. The molecule has 0 spiro atoms. The van der Waals surface area contributed by atoms with Gasteiger partial charge in [-0.3, -0.25) is 0 Å². The number of alkyl halides is 3. The molecule has 0 radical (unpaired) electrons. The van der Waals surface area contributed by atoms with Gasteiger partial charge in [-0.15, -0.1) is 0 Å². The molecule has 0 bridgehead atoms. The summed E-state index contributed by atoms with van der Waals surface area (Å²) in [6.45, 7) is 5.85. The highest BCUT2D eigenvalue weighted by molar-refractivity contribution is 6.31. The molecule has 1 aromatic rings. The lowest BCUT2D eigenvalue weighted by Crippen LogP contribution is -2.44. The molecule has 1 aliphatic heterocycles. The van der Waals surface area contributed by atoms with Crippen molar-refractivity contribution in [1.29, 1.82) is 0 Å². The van der Waals surface area contributed by atoms with Crippen LogP contribution >= 0.6 is 11.6 Å². The van der Waals surface area contributed by atoms with E-state index >= 15 is 0 Å². The monoisotopic (exact) mass is 397 g/mol. The van der Waals surface area contributed by atoms with Crippen molar-refractivity contribution >= 4 is 17.7 Å². The molecule has 0 unspecified atom stereocenters. The fourth-order valence-corrected chi connectivity index (χ4v) is 2.69. The molecule has 9 heteroatoms. The van der Waals surface area contributed by atoms with Crippen molar-refractivity contribution in [2.45, 2.75) is 51.5 Å². The van der Waals surface area contributed by atoms with Crippen LogP contribution < -0.4 is 4.74 Å². The van der Waals surface area contributed by atoms with Gasteiger partial charge in [0.2, 0.25) is 0 Å². The third kappa shape index (κ3) is 5.40. The Bertz CT molecular complexity index is 665. The molecular weight excluding hydrogens is 378 g/mol. The van der Waals surface area contributed by atoms with Crippen molar-refractivity contribution in [3.8, 4) is 5.75 Å². The van der Waals surface area contributed by atoms with Gasteiger partial charge in [0.15, 0.2) is 11.6 Å². The molecular formula is C17H20ClF4NO3. The SMILES string of the molecule is CC(C)(C)OC(=O)N1CCC(Oc2cc(C(F)(F)F)cc(Cl)c2F)CC1. The second-order valence-corrected chi connectivity index (χ2v) is 7.46. The van der Waals surface area contributed by atoms with Crippen molar-refractivity contribution in [1.82, 2.24) is 4.90 Å². The molecule has 0 atom stereocenters. The standard InChI is InChI=1S/C17H20ClF4NO3/c1-16(2,3)26-15(24)23-6-4-11(5-7-23)25-13-9-10(17(20,21)22)8-12(18)14(13)19/h8-9,11H,4-7H2,1-3H3. The fraction of sp³-hybridized carbons (Fsp3) is 0.588. The maximum Gasteiger partial charge on any atom is 0.416 e. The number of hydrogen-bond donors (Lipinski definition) is 0. The van der Waals surface area contributed by atoms with Gasteiger partial charge in [-0.05, 0) is 32.9 Å². The first-order chi connectivity index (χ1) is 11.9. The summed E-state index contributed by atoms with van der Waals surface area (Å²) in [6, 6.07) is 1.12. The van der Waals surface area contributed by atoms with E-state index in [1.807, 2.05) is 0 Å². The molecule has 0 aromatic heterocycles. The molecule has 26 heavy (non-hydrogen) atoms. The molecule has 2 rings (SSSR count). The highest BCUT2D eigenvalue weighted by atomic mass is 35.5. The van der Waals surface area contributed by atoms with Crippen LogP contribution in [0.3, 0.4) is 0 Å². The first-order valence-corrected chi connectivity index (χ1v) is 8.45. The van der Waals surface area contributed by atoms with Gasteiger partial charge in [-0.2, -0.15) is 13.2 Å².